The van der Waals surface area contributed by atoms with Crippen LogP contribution in [0.1, 0.15) is 24.0 Å². The molecule has 1 saturated heterocycles. The number of hydrogen-bond donors (Lipinski definition) is 3. The fourth-order valence-electron chi connectivity index (χ4n) is 4.01. The first-order valence-electron chi connectivity index (χ1n) is 8.89. The van der Waals surface area contributed by atoms with Crippen molar-refractivity contribution in [3.63, 3.8) is 0 Å². The van der Waals surface area contributed by atoms with Gasteiger partial charge in [0, 0.05) is 31.1 Å². The topological polar surface area (TPSA) is 162 Å². The van der Waals surface area contributed by atoms with Gasteiger partial charge in [-0.2, -0.15) is 5.26 Å². The van der Waals surface area contributed by atoms with Gasteiger partial charge in [0.05, 0.1) is 17.7 Å². The monoisotopic (exact) mass is 381 g/mol. The minimum atomic E-state index is -0.815. The minimum Gasteiger partial charge on any atom is -0.481 e. The maximum atomic E-state index is 12.2. The molecule has 0 atom stereocenters. The Labute approximate surface area is 160 Å². The highest BCUT2D eigenvalue weighted by atomic mass is 16.4. The van der Waals surface area contributed by atoms with Crippen LogP contribution in [-0.4, -0.2) is 47.1 Å². The zero-order chi connectivity index (χ0) is 20.2. The molecule has 1 fully saturated rings. The molecular formula is C18H19N7O3. The van der Waals surface area contributed by atoms with Crippen LogP contribution in [0, 0.1) is 17.2 Å². The van der Waals surface area contributed by atoms with Crippen molar-refractivity contribution in [3.05, 3.63) is 11.1 Å². The van der Waals surface area contributed by atoms with Crippen molar-refractivity contribution in [2.75, 3.05) is 41.4 Å². The lowest BCUT2D eigenvalue weighted by Crippen LogP contribution is -2.37. The van der Waals surface area contributed by atoms with E-state index >= 15 is 0 Å². The van der Waals surface area contributed by atoms with Crippen molar-refractivity contribution in [1.82, 2.24) is 9.97 Å². The lowest BCUT2D eigenvalue weighted by Gasteiger charge is -2.32. The Balaban J connectivity index is 1.91. The number of fused-ring (bicyclic) bond motifs is 3. The van der Waals surface area contributed by atoms with Gasteiger partial charge in [0.1, 0.15) is 34.9 Å². The number of rotatable bonds is 2. The number of likely N-dealkylation sites (N-methyl/N-ethyl adjacent to an activating group) is 1. The summed E-state index contributed by atoms with van der Waals surface area (Å²) in [7, 11) is 1.61. The number of piperidine rings is 1. The van der Waals surface area contributed by atoms with Crippen LogP contribution in [-0.2, 0) is 16.0 Å². The zero-order valence-corrected chi connectivity index (χ0v) is 15.3. The second-order valence-electron chi connectivity index (χ2n) is 7.09. The third-order valence-corrected chi connectivity index (χ3v) is 5.54. The predicted octanol–water partition coefficient (Wildman–Crippen LogP) is 0.486. The van der Waals surface area contributed by atoms with Gasteiger partial charge < -0.3 is 21.5 Å². The van der Waals surface area contributed by atoms with Crippen molar-refractivity contribution >= 4 is 45.9 Å². The van der Waals surface area contributed by atoms with Crippen molar-refractivity contribution in [2.45, 2.75) is 19.3 Å². The molecule has 1 amide bonds. The number of aliphatic carboxylic acids is 1. The average Bonchev–Trinajstić information content (AvgIpc) is 2.96. The Morgan fingerprint density at radius 1 is 1.18 bits per heavy atom. The third kappa shape index (κ3) is 2.47. The molecule has 0 aromatic carbocycles. The number of anilines is 4. The second kappa shape index (κ2) is 6.23. The van der Waals surface area contributed by atoms with E-state index in [-0.39, 0.29) is 29.5 Å². The van der Waals surface area contributed by atoms with E-state index in [9.17, 15) is 20.0 Å². The largest absolute Gasteiger partial charge is 0.481 e. The number of nitrogen functional groups attached to an aromatic ring is 2. The van der Waals surface area contributed by atoms with E-state index in [1.54, 1.807) is 7.05 Å². The van der Waals surface area contributed by atoms with E-state index in [0.717, 1.165) is 0 Å². The first-order chi connectivity index (χ1) is 13.3. The van der Waals surface area contributed by atoms with Crippen LogP contribution < -0.4 is 21.3 Å². The summed E-state index contributed by atoms with van der Waals surface area (Å²) in [5.74, 6) is -0.289. The molecule has 2 aliphatic rings. The highest BCUT2D eigenvalue weighted by Crippen LogP contribution is 2.41. The van der Waals surface area contributed by atoms with Gasteiger partial charge in [-0.3, -0.25) is 14.5 Å². The normalized spacial score (nSPS) is 17.1. The summed E-state index contributed by atoms with van der Waals surface area (Å²) in [6.45, 7) is 0.899. The molecule has 28 heavy (non-hydrogen) atoms. The van der Waals surface area contributed by atoms with Gasteiger partial charge in [-0.15, -0.1) is 0 Å². The van der Waals surface area contributed by atoms with Gasteiger partial charge >= 0.3 is 5.97 Å². The van der Waals surface area contributed by atoms with E-state index in [0.29, 0.717) is 53.9 Å². The first-order valence-corrected chi connectivity index (χ1v) is 8.89. The summed E-state index contributed by atoms with van der Waals surface area (Å²) in [4.78, 5) is 35.4. The lowest BCUT2D eigenvalue weighted by molar-refractivity contribution is -0.142. The van der Waals surface area contributed by atoms with Gasteiger partial charge in [0.2, 0.25) is 5.91 Å². The fourth-order valence-corrected chi connectivity index (χ4v) is 4.01. The fraction of sp³-hybridized carbons (Fsp3) is 0.389. The molecule has 0 saturated carbocycles. The van der Waals surface area contributed by atoms with E-state index in [2.05, 4.69) is 16.0 Å². The van der Waals surface area contributed by atoms with E-state index in [4.69, 9.17) is 11.5 Å². The summed E-state index contributed by atoms with van der Waals surface area (Å²) >= 11 is 0. The predicted molar refractivity (Wildman–Crippen MR) is 103 cm³/mol. The first kappa shape index (κ1) is 17.8. The zero-order valence-electron chi connectivity index (χ0n) is 15.3. The lowest BCUT2D eigenvalue weighted by atomic mass is 9.95. The Morgan fingerprint density at radius 2 is 1.79 bits per heavy atom. The highest BCUT2D eigenvalue weighted by Gasteiger charge is 2.33. The Morgan fingerprint density at radius 3 is 2.36 bits per heavy atom. The number of hydrogen-bond acceptors (Lipinski definition) is 8. The maximum Gasteiger partial charge on any atom is 0.306 e. The molecule has 10 heteroatoms. The molecule has 5 N–H and O–H groups in total. The van der Waals surface area contributed by atoms with Gasteiger partial charge in [0.25, 0.3) is 0 Å². The Kier molecular flexibility index (Phi) is 3.96. The van der Waals surface area contributed by atoms with Crippen molar-refractivity contribution in [3.8, 4) is 6.07 Å². The third-order valence-electron chi connectivity index (χ3n) is 5.54. The maximum absolute atomic E-state index is 12.2. The van der Waals surface area contributed by atoms with Gasteiger partial charge in [-0.05, 0) is 12.8 Å². The number of amides is 1. The molecule has 0 radical (unpaired) electrons. The molecule has 4 rings (SSSR count). The number of carboxylic acid groups (broad SMARTS) is 1. The van der Waals surface area contributed by atoms with Crippen LogP contribution in [0.5, 0.6) is 0 Å². The summed E-state index contributed by atoms with van der Waals surface area (Å²) < 4.78 is 0. The molecule has 4 heterocycles. The molecule has 0 bridgehead atoms. The molecule has 2 aromatic rings. The van der Waals surface area contributed by atoms with Crippen molar-refractivity contribution in [1.29, 1.82) is 5.26 Å². The standard InChI is InChI=1S/C18H19N7O3/c1-24-11(26)6-9-12-10(7-19)17(25-4-2-8(3-5-25)18(27)28)23-15(21)13(12)14(20)22-16(9)24/h8H,2-6H2,1H3,(H2,20,22)(H2,21,23)(H,27,28). The number of carboxylic acids is 1. The highest BCUT2D eigenvalue weighted by molar-refractivity contribution is 6.13. The van der Waals surface area contributed by atoms with E-state index in [1.165, 1.54) is 4.90 Å². The molecule has 2 aliphatic heterocycles. The summed E-state index contributed by atoms with van der Waals surface area (Å²) in [6, 6.07) is 2.19. The van der Waals surface area contributed by atoms with Gasteiger partial charge in [0.15, 0.2) is 0 Å². The number of pyridine rings is 2. The van der Waals surface area contributed by atoms with Crippen molar-refractivity contribution < 1.29 is 14.7 Å². The SMILES string of the molecule is CN1C(=O)Cc2c1nc(N)c1c(N)nc(N3CCC(C(=O)O)CC3)c(C#N)c21. The van der Waals surface area contributed by atoms with E-state index in [1.807, 2.05) is 4.90 Å². The van der Waals surface area contributed by atoms with E-state index < -0.39 is 11.9 Å². The molecule has 0 unspecified atom stereocenters. The number of nitrogens with two attached hydrogens (primary N) is 2. The van der Waals surface area contributed by atoms with Crippen molar-refractivity contribution in [2.24, 2.45) is 5.92 Å². The molecule has 0 aliphatic carbocycles. The quantitative estimate of drug-likeness (QED) is 0.671. The average molecular weight is 381 g/mol. The van der Waals surface area contributed by atoms with Crippen LogP contribution in [0.2, 0.25) is 0 Å². The smallest absolute Gasteiger partial charge is 0.306 e. The van der Waals surface area contributed by atoms with Crippen LogP contribution in [0.15, 0.2) is 0 Å². The van der Waals surface area contributed by atoms with Crippen LogP contribution in [0.4, 0.5) is 23.3 Å². The summed E-state index contributed by atoms with van der Waals surface area (Å²) in [5, 5.41) is 20.0. The molecule has 2 aromatic heterocycles. The Bertz CT molecular complexity index is 1070. The molecule has 144 valence electrons. The number of aromatic nitrogens is 2. The summed E-state index contributed by atoms with van der Waals surface area (Å²) in [5.41, 5.74) is 13.1. The van der Waals surface area contributed by atoms with Crippen LogP contribution in [0.3, 0.4) is 0 Å². The van der Waals surface area contributed by atoms with Gasteiger partial charge in [-0.1, -0.05) is 0 Å². The molecule has 0 spiro atoms. The number of nitriles is 1. The molecule has 10 nitrogen and oxygen atoms in total. The molecular weight excluding hydrogens is 362 g/mol. The number of nitrogens with zero attached hydrogens (tertiary/aromatic N) is 5. The summed E-state index contributed by atoms with van der Waals surface area (Å²) in [6.07, 6.45) is 1.02. The second-order valence-corrected chi connectivity index (χ2v) is 7.09. The number of carbonyl (C=O) groups is 2. The Hall–Kier alpha value is -3.61. The van der Waals surface area contributed by atoms with Gasteiger partial charge in [-0.25, -0.2) is 9.97 Å². The van der Waals surface area contributed by atoms with Crippen LogP contribution in [0.25, 0.3) is 10.8 Å². The number of carbonyl (C=O) groups excluding carboxylic acids is 1. The minimum absolute atomic E-state index is 0.105. The van der Waals surface area contributed by atoms with Crippen LogP contribution >= 0.6 is 0 Å².